The van der Waals surface area contributed by atoms with Gasteiger partial charge < -0.3 is 41.1 Å². The Morgan fingerprint density at radius 2 is 1.69 bits per heavy atom. The van der Waals surface area contributed by atoms with Crippen molar-refractivity contribution in [3.8, 4) is 11.5 Å². The number of hydrogen-bond acceptors (Lipinski definition) is 8. The highest BCUT2D eigenvalue weighted by Crippen LogP contribution is 2.96. The number of aliphatic carboxylic acids is 1. The molecule has 0 aromatic heterocycles. The maximum atomic E-state index is 12.4. The first-order valence-corrected chi connectivity index (χ1v) is 10.3. The van der Waals surface area contributed by atoms with E-state index in [1.54, 1.807) is 0 Å². The lowest BCUT2D eigenvalue weighted by molar-refractivity contribution is -0.141. The van der Waals surface area contributed by atoms with E-state index < -0.39 is 31.1 Å². The fourth-order valence-electron chi connectivity index (χ4n) is 3.69. The van der Waals surface area contributed by atoms with Crippen LogP contribution in [0.25, 0.3) is 0 Å². The van der Waals surface area contributed by atoms with Crippen LogP contribution in [0.15, 0.2) is 51.2 Å². The molecule has 0 spiro atoms. The second-order valence-electron chi connectivity index (χ2n) is 7.07. The topological polar surface area (TPSA) is 190 Å². The van der Waals surface area contributed by atoms with E-state index in [1.165, 1.54) is 18.2 Å². The van der Waals surface area contributed by atoms with Crippen molar-refractivity contribution in [1.82, 2.24) is 5.32 Å². The second-order valence-corrected chi connectivity index (χ2v) is 9.63. The minimum absolute atomic E-state index is 0.0226. The standard InChI is InChI=1S/C18H17N2O8P/c19-8(3-6-1-2-10(21)11(22)4-6)17(25)20-9(18(26)27)5-7-12(23)15-13(24)16-14(7)29(15,16)28/h1-2,4,8-9,21-24H,3,5,19H2,(H,20,25)(H,26,27)/t8-,9-,29?/m0/s1. The van der Waals surface area contributed by atoms with Crippen LogP contribution in [0.4, 0.5) is 0 Å². The smallest absolute Gasteiger partial charge is 0.326 e. The number of phenolic OH excluding ortho intramolecular Hbond substituents is 2. The number of phenols is 2. The molecule has 1 aromatic carbocycles. The predicted octanol–water partition coefficient (Wildman–Crippen LogP) is 1.12. The Kier molecular flexibility index (Phi) is 4.04. The molecule has 11 heteroatoms. The van der Waals surface area contributed by atoms with Crippen LogP contribution in [0.3, 0.4) is 0 Å². The van der Waals surface area contributed by atoms with Gasteiger partial charge in [-0.2, -0.15) is 0 Å². The molecule has 0 radical (unpaired) electrons. The number of nitrogens with two attached hydrogens (primary N) is 1. The van der Waals surface area contributed by atoms with Gasteiger partial charge in [-0.1, -0.05) is 6.07 Å². The number of aliphatic hydroxyl groups is 2. The largest absolute Gasteiger partial charge is 0.507 e. The van der Waals surface area contributed by atoms with E-state index in [2.05, 4.69) is 5.32 Å². The maximum Gasteiger partial charge on any atom is 0.326 e. The number of nitrogens with one attached hydrogen (secondary N) is 1. The normalized spacial score (nSPS) is 23.5. The van der Waals surface area contributed by atoms with E-state index in [-0.39, 0.29) is 57.4 Å². The molecule has 0 saturated heterocycles. The van der Waals surface area contributed by atoms with Gasteiger partial charge in [0.2, 0.25) is 5.91 Å². The fraction of sp³-hybridized carbons (Fsp3) is 0.222. The molecule has 152 valence electrons. The zero-order chi connectivity index (χ0) is 21.2. The summed E-state index contributed by atoms with van der Waals surface area (Å²) in [5.74, 6) is -3.43. The molecule has 1 amide bonds. The Morgan fingerprint density at radius 3 is 2.24 bits per heavy atom. The summed E-state index contributed by atoms with van der Waals surface area (Å²) in [5.41, 5.74) is 6.43. The van der Waals surface area contributed by atoms with Crippen molar-refractivity contribution in [2.75, 3.05) is 0 Å². The lowest BCUT2D eigenvalue weighted by Gasteiger charge is -2.19. The van der Waals surface area contributed by atoms with Crippen LogP contribution in [0.2, 0.25) is 0 Å². The Hall–Kier alpha value is -3.23. The van der Waals surface area contributed by atoms with Gasteiger partial charge in [0.1, 0.15) is 22.9 Å². The molecule has 0 saturated carbocycles. The lowest BCUT2D eigenvalue weighted by Crippen LogP contribution is -2.49. The van der Waals surface area contributed by atoms with Gasteiger partial charge in [-0.25, -0.2) is 4.79 Å². The summed E-state index contributed by atoms with van der Waals surface area (Å²) in [6.45, 7) is 0. The van der Waals surface area contributed by atoms with Crippen molar-refractivity contribution in [3.05, 3.63) is 56.8 Å². The number of allylic oxidation sites excluding steroid dienone is 3. The van der Waals surface area contributed by atoms with Gasteiger partial charge in [-0.3, -0.25) is 4.79 Å². The van der Waals surface area contributed by atoms with Crippen molar-refractivity contribution < 1.29 is 39.7 Å². The van der Waals surface area contributed by atoms with Crippen LogP contribution in [0.5, 0.6) is 11.5 Å². The molecule has 3 atom stereocenters. The Labute approximate surface area is 163 Å². The summed E-state index contributed by atoms with van der Waals surface area (Å²) in [6.07, 6.45) is -0.329. The van der Waals surface area contributed by atoms with Crippen LogP contribution in [0, 0.1) is 0 Å². The number of aromatic hydroxyl groups is 2. The summed E-state index contributed by atoms with van der Waals surface area (Å²) in [6, 6.07) is 1.37. The van der Waals surface area contributed by atoms with Crippen LogP contribution < -0.4 is 11.1 Å². The second kappa shape index (κ2) is 6.13. The number of amides is 1. The molecule has 3 aliphatic heterocycles. The summed E-state index contributed by atoms with van der Waals surface area (Å²) in [5, 5.41) is 50.9. The average Bonchev–Trinajstić information content (AvgIpc) is 3.12. The van der Waals surface area contributed by atoms with Crippen molar-refractivity contribution >= 4 is 19.0 Å². The number of carboxylic acid groups (broad SMARTS) is 1. The van der Waals surface area contributed by atoms with Gasteiger partial charge in [0.25, 0.3) is 0 Å². The maximum absolute atomic E-state index is 12.4. The van der Waals surface area contributed by atoms with Gasteiger partial charge in [0.15, 0.2) is 18.6 Å². The molecule has 10 nitrogen and oxygen atoms in total. The third kappa shape index (κ3) is 2.64. The summed E-state index contributed by atoms with van der Waals surface area (Å²) < 4.78 is 12.4. The van der Waals surface area contributed by atoms with Crippen LogP contribution in [0.1, 0.15) is 12.0 Å². The quantitative estimate of drug-likeness (QED) is 0.250. The van der Waals surface area contributed by atoms with Crippen LogP contribution >= 0.6 is 7.14 Å². The van der Waals surface area contributed by atoms with Gasteiger partial charge in [-0.05, 0) is 24.1 Å². The van der Waals surface area contributed by atoms with E-state index in [9.17, 15) is 39.7 Å². The molecule has 0 fully saturated rings. The average molecular weight is 420 g/mol. The first kappa shape index (κ1) is 19.1. The van der Waals surface area contributed by atoms with Crippen molar-refractivity contribution in [1.29, 1.82) is 0 Å². The van der Waals surface area contributed by atoms with Crippen molar-refractivity contribution in [2.45, 2.75) is 24.9 Å². The number of hydrogen-bond donors (Lipinski definition) is 7. The Balaban J connectivity index is 1.44. The molecule has 3 aliphatic rings. The zero-order valence-corrected chi connectivity index (χ0v) is 15.7. The van der Waals surface area contributed by atoms with Crippen molar-refractivity contribution in [3.63, 3.8) is 0 Å². The first-order chi connectivity index (χ1) is 13.6. The third-order valence-corrected chi connectivity index (χ3v) is 8.24. The Morgan fingerprint density at radius 1 is 1.00 bits per heavy atom. The molecule has 29 heavy (non-hydrogen) atoms. The van der Waals surface area contributed by atoms with E-state index in [1.807, 2.05) is 0 Å². The Bertz CT molecular complexity index is 1130. The fourth-order valence-corrected chi connectivity index (χ4v) is 6.78. The lowest BCUT2D eigenvalue weighted by atomic mass is 10.00. The number of rotatable bonds is 7. The van der Waals surface area contributed by atoms with E-state index >= 15 is 0 Å². The summed E-state index contributed by atoms with van der Waals surface area (Å²) >= 11 is 0. The molecule has 3 heterocycles. The number of benzene rings is 1. The minimum Gasteiger partial charge on any atom is -0.507 e. The third-order valence-electron chi connectivity index (χ3n) is 5.22. The molecule has 8 N–H and O–H groups in total. The van der Waals surface area contributed by atoms with Gasteiger partial charge in [-0.15, -0.1) is 0 Å². The molecular formula is C18H17N2O8P. The van der Waals surface area contributed by atoms with Crippen LogP contribution in [-0.2, 0) is 20.6 Å². The van der Waals surface area contributed by atoms with Gasteiger partial charge in [0, 0.05) is 17.3 Å². The molecule has 1 unspecified atom stereocenters. The molecular weight excluding hydrogens is 403 g/mol. The highest BCUT2D eigenvalue weighted by molar-refractivity contribution is 7.86. The number of carbonyl (C=O) groups is 2. The highest BCUT2D eigenvalue weighted by Gasteiger charge is 2.70. The van der Waals surface area contributed by atoms with E-state index in [0.717, 1.165) is 0 Å². The summed E-state index contributed by atoms with van der Waals surface area (Å²) in [7, 11) is -2.97. The van der Waals surface area contributed by atoms with E-state index in [0.29, 0.717) is 5.56 Å². The SMILES string of the molecule is N[C@@H](Cc1ccc(O)c(O)c1)C(=O)N[C@@H](CC1=C(O)C2=C(O)C3=C1P23=O)C(=O)O. The molecule has 4 rings (SSSR count). The van der Waals surface area contributed by atoms with Crippen LogP contribution in [-0.4, -0.2) is 49.5 Å². The number of aliphatic hydroxyl groups excluding tert-OH is 2. The zero-order valence-electron chi connectivity index (χ0n) is 14.8. The first-order valence-electron chi connectivity index (χ1n) is 8.59. The van der Waals surface area contributed by atoms with Crippen molar-refractivity contribution in [2.24, 2.45) is 5.73 Å². The molecule has 0 aliphatic carbocycles. The van der Waals surface area contributed by atoms with Gasteiger partial charge in [0.05, 0.1) is 11.4 Å². The number of carbonyl (C=O) groups excluding carboxylic acids is 1. The van der Waals surface area contributed by atoms with E-state index in [4.69, 9.17) is 5.73 Å². The predicted molar refractivity (Wildman–Crippen MR) is 99.6 cm³/mol. The summed E-state index contributed by atoms with van der Waals surface area (Å²) in [4.78, 5) is 23.9. The molecule has 0 bridgehead atoms. The molecule has 1 aromatic rings. The number of carboxylic acids is 1. The minimum atomic E-state index is -2.97. The monoisotopic (exact) mass is 420 g/mol. The van der Waals surface area contributed by atoms with Gasteiger partial charge >= 0.3 is 5.97 Å². The highest BCUT2D eigenvalue weighted by atomic mass is 31.2.